The lowest BCUT2D eigenvalue weighted by atomic mass is 9.73. The van der Waals surface area contributed by atoms with Crippen LogP contribution in [0.15, 0.2) is 48.5 Å². The maximum atomic E-state index is 14.2. The molecule has 2 rings (SSSR count). The number of hydrogen-bond donors (Lipinski definition) is 0. The first kappa shape index (κ1) is 22.9. The molecule has 3 nitrogen and oxygen atoms in total. The Morgan fingerprint density at radius 1 is 1.03 bits per heavy atom. The van der Waals surface area contributed by atoms with Gasteiger partial charge in [-0.1, -0.05) is 44.2 Å². The van der Waals surface area contributed by atoms with Gasteiger partial charge in [0.05, 0.1) is 13.7 Å². The number of carbonyl (C=O) groups excluding carboxylic acids is 1. The molecule has 2 aromatic rings. The van der Waals surface area contributed by atoms with Crippen molar-refractivity contribution in [2.24, 2.45) is 0 Å². The fourth-order valence-corrected chi connectivity index (χ4v) is 3.37. The first-order valence-electron chi connectivity index (χ1n) is 9.02. The predicted octanol–water partition coefficient (Wildman–Crippen LogP) is 5.61. The molecule has 1 atom stereocenters. The topological polar surface area (TPSA) is 35.5 Å². The highest BCUT2D eigenvalue weighted by molar-refractivity contribution is 5.86. The summed E-state index contributed by atoms with van der Waals surface area (Å²) >= 11 is 0. The monoisotopic (exact) mass is 412 g/mol. The van der Waals surface area contributed by atoms with Gasteiger partial charge < -0.3 is 9.47 Å². The Bertz CT molecular complexity index is 847. The normalized spacial score (nSPS) is 14.3. The second-order valence-corrected chi connectivity index (χ2v) is 7.56. The number of alkyl halides is 3. The van der Waals surface area contributed by atoms with E-state index in [2.05, 4.69) is 0 Å². The van der Waals surface area contributed by atoms with Gasteiger partial charge in [-0.05, 0) is 36.1 Å². The Labute approximate surface area is 167 Å². The lowest BCUT2D eigenvalue weighted by Crippen LogP contribution is -2.56. The summed E-state index contributed by atoms with van der Waals surface area (Å²) in [6, 6.07) is 11.9. The average molecular weight is 412 g/mol. The number of rotatable bonds is 8. The summed E-state index contributed by atoms with van der Waals surface area (Å²) in [6.07, 6.45) is -5.70. The van der Waals surface area contributed by atoms with Crippen molar-refractivity contribution < 1.29 is 31.8 Å². The fourth-order valence-electron chi connectivity index (χ4n) is 3.37. The van der Waals surface area contributed by atoms with Gasteiger partial charge in [-0.15, -0.1) is 0 Å². The molecule has 0 aliphatic carbocycles. The minimum Gasteiger partial charge on any atom is -0.496 e. The molecule has 0 radical (unpaired) electrons. The van der Waals surface area contributed by atoms with Gasteiger partial charge in [0.25, 0.3) is 0 Å². The van der Waals surface area contributed by atoms with Crippen molar-refractivity contribution in [1.29, 1.82) is 0 Å². The van der Waals surface area contributed by atoms with Crippen LogP contribution in [-0.2, 0) is 21.6 Å². The van der Waals surface area contributed by atoms with E-state index < -0.39 is 41.8 Å². The van der Waals surface area contributed by atoms with Gasteiger partial charge in [-0.25, -0.2) is 4.39 Å². The van der Waals surface area contributed by atoms with Crippen molar-refractivity contribution in [3.63, 3.8) is 0 Å². The average Bonchev–Trinajstić information content (AvgIpc) is 2.64. The minimum atomic E-state index is -4.97. The molecule has 0 saturated carbocycles. The molecule has 158 valence electrons. The molecule has 1 unspecified atom stereocenters. The fraction of sp³-hybridized carbons (Fsp3) is 0.409. The number of ketones is 1. The van der Waals surface area contributed by atoms with Gasteiger partial charge in [-0.2, -0.15) is 13.2 Å². The van der Waals surface area contributed by atoms with E-state index in [4.69, 9.17) is 9.47 Å². The first-order chi connectivity index (χ1) is 13.4. The maximum Gasteiger partial charge on any atom is 0.424 e. The van der Waals surface area contributed by atoms with Crippen molar-refractivity contribution >= 4 is 5.78 Å². The molecule has 29 heavy (non-hydrogen) atoms. The van der Waals surface area contributed by atoms with Crippen LogP contribution in [0.3, 0.4) is 0 Å². The third kappa shape index (κ3) is 4.96. The summed E-state index contributed by atoms with van der Waals surface area (Å²) in [5, 5.41) is 0. The van der Waals surface area contributed by atoms with E-state index in [9.17, 15) is 22.4 Å². The van der Waals surface area contributed by atoms with Crippen LogP contribution in [0.1, 0.15) is 38.3 Å². The number of halogens is 4. The minimum absolute atomic E-state index is 0.221. The zero-order valence-electron chi connectivity index (χ0n) is 16.8. The molecule has 7 heteroatoms. The van der Waals surface area contributed by atoms with Crippen molar-refractivity contribution in [2.45, 2.75) is 51.0 Å². The van der Waals surface area contributed by atoms with Crippen molar-refractivity contribution in [3.05, 3.63) is 65.5 Å². The SMILES string of the molecule is COc1ccc(F)cc1C(C)(C)CC(OCc1ccccc1)(C(C)=O)C(F)(F)F. The Morgan fingerprint density at radius 2 is 1.66 bits per heavy atom. The van der Waals surface area contributed by atoms with Crippen LogP contribution in [0, 0.1) is 5.82 Å². The highest BCUT2D eigenvalue weighted by Crippen LogP contribution is 2.46. The molecule has 0 spiro atoms. The lowest BCUT2D eigenvalue weighted by Gasteiger charge is -2.40. The first-order valence-corrected chi connectivity index (χ1v) is 9.02. The van der Waals surface area contributed by atoms with Crippen LogP contribution in [0.5, 0.6) is 5.75 Å². The zero-order chi connectivity index (χ0) is 21.9. The summed E-state index contributed by atoms with van der Waals surface area (Å²) in [5.41, 5.74) is -3.61. The number of benzene rings is 2. The third-order valence-corrected chi connectivity index (χ3v) is 4.94. The predicted molar refractivity (Wildman–Crippen MR) is 101 cm³/mol. The van der Waals surface area contributed by atoms with E-state index in [0.717, 1.165) is 19.1 Å². The van der Waals surface area contributed by atoms with Crippen molar-refractivity contribution in [3.8, 4) is 5.75 Å². The largest absolute Gasteiger partial charge is 0.496 e. The van der Waals surface area contributed by atoms with Gasteiger partial charge >= 0.3 is 6.18 Å². The van der Waals surface area contributed by atoms with Crippen LogP contribution < -0.4 is 4.74 Å². The third-order valence-electron chi connectivity index (χ3n) is 4.94. The standard InChI is InChI=1S/C22H24F4O3/c1-15(27)21(22(24,25)26,29-13-16-8-6-5-7-9-16)14-20(2,3)18-12-17(23)10-11-19(18)28-4/h5-12H,13-14H2,1-4H3. The molecule has 0 aliphatic heterocycles. The number of Topliss-reactive ketones (excluding diaryl/α,β-unsaturated/α-hetero) is 1. The number of carbonyl (C=O) groups is 1. The van der Waals surface area contributed by atoms with Gasteiger partial charge in [0.15, 0.2) is 5.78 Å². The molecule has 0 fully saturated rings. The van der Waals surface area contributed by atoms with Crippen LogP contribution in [0.2, 0.25) is 0 Å². The summed E-state index contributed by atoms with van der Waals surface area (Å²) in [7, 11) is 1.35. The van der Waals surface area contributed by atoms with Gasteiger partial charge in [0.2, 0.25) is 5.60 Å². The molecule has 0 heterocycles. The Morgan fingerprint density at radius 3 is 2.17 bits per heavy atom. The van der Waals surface area contributed by atoms with Crippen molar-refractivity contribution in [1.82, 2.24) is 0 Å². The molecule has 0 saturated heterocycles. The smallest absolute Gasteiger partial charge is 0.424 e. The van der Waals surface area contributed by atoms with E-state index in [1.54, 1.807) is 30.3 Å². The number of hydrogen-bond acceptors (Lipinski definition) is 3. The van der Waals surface area contributed by atoms with Gasteiger partial charge in [0.1, 0.15) is 11.6 Å². The lowest BCUT2D eigenvalue weighted by molar-refractivity contribution is -0.274. The maximum absolute atomic E-state index is 14.2. The Balaban J connectivity index is 2.48. The summed E-state index contributed by atoms with van der Waals surface area (Å²) in [5.74, 6) is -1.54. The summed E-state index contributed by atoms with van der Waals surface area (Å²) in [6.45, 7) is 3.47. The molecule has 0 amide bonds. The zero-order valence-corrected chi connectivity index (χ0v) is 16.8. The van der Waals surface area contributed by atoms with Crippen LogP contribution in [0.4, 0.5) is 17.6 Å². The summed E-state index contributed by atoms with van der Waals surface area (Å²) in [4.78, 5) is 12.3. The molecule has 0 N–H and O–H groups in total. The van der Waals surface area contributed by atoms with Crippen LogP contribution in [0.25, 0.3) is 0 Å². The summed E-state index contributed by atoms with van der Waals surface area (Å²) < 4.78 is 66.9. The van der Waals surface area contributed by atoms with Crippen LogP contribution in [-0.4, -0.2) is 24.7 Å². The molecule has 2 aromatic carbocycles. The van der Waals surface area contributed by atoms with Crippen molar-refractivity contribution in [2.75, 3.05) is 7.11 Å². The van der Waals surface area contributed by atoms with Crippen LogP contribution >= 0.6 is 0 Å². The van der Waals surface area contributed by atoms with Gasteiger partial charge in [-0.3, -0.25) is 4.79 Å². The molecule has 0 bridgehead atoms. The number of methoxy groups -OCH3 is 1. The quantitative estimate of drug-likeness (QED) is 0.529. The second-order valence-electron chi connectivity index (χ2n) is 7.56. The molecule has 0 aromatic heterocycles. The number of ether oxygens (including phenoxy) is 2. The highest BCUT2D eigenvalue weighted by Gasteiger charge is 2.62. The molecular formula is C22H24F4O3. The highest BCUT2D eigenvalue weighted by atomic mass is 19.4. The second kappa shape index (κ2) is 8.53. The van der Waals surface area contributed by atoms with E-state index in [-0.39, 0.29) is 11.3 Å². The van der Waals surface area contributed by atoms with E-state index >= 15 is 0 Å². The Kier molecular flexibility index (Phi) is 6.73. The van der Waals surface area contributed by atoms with E-state index in [0.29, 0.717) is 5.56 Å². The van der Waals surface area contributed by atoms with E-state index in [1.807, 2.05) is 0 Å². The Hall–Kier alpha value is -2.41. The van der Waals surface area contributed by atoms with Gasteiger partial charge in [0, 0.05) is 12.0 Å². The van der Waals surface area contributed by atoms with E-state index in [1.165, 1.54) is 27.0 Å². The molecular weight excluding hydrogens is 388 g/mol. The molecule has 0 aliphatic rings.